The molecule has 0 radical (unpaired) electrons. The van der Waals surface area contributed by atoms with E-state index in [1.54, 1.807) is 11.4 Å². The summed E-state index contributed by atoms with van der Waals surface area (Å²) in [5, 5.41) is 10.6. The maximum absolute atomic E-state index is 12.6. The lowest BCUT2D eigenvalue weighted by Gasteiger charge is -2.36. The van der Waals surface area contributed by atoms with Crippen molar-refractivity contribution in [3.05, 3.63) is 16.3 Å². The number of sulfonamides is 1. The fourth-order valence-electron chi connectivity index (χ4n) is 2.14. The topological polar surface area (TPSA) is 66.8 Å². The lowest BCUT2D eigenvalue weighted by Crippen LogP contribution is -2.51. The lowest BCUT2D eigenvalue weighted by molar-refractivity contribution is -0.0230. The predicted molar refractivity (Wildman–Crippen MR) is 73.6 cm³/mol. The van der Waals surface area contributed by atoms with Crippen molar-refractivity contribution in [3.63, 3.8) is 0 Å². The Bertz CT molecular complexity index is 526. The number of thiophene rings is 1. The number of nitrogens with zero attached hydrogens (tertiary/aromatic N) is 1. The van der Waals surface area contributed by atoms with Crippen LogP contribution in [0.3, 0.4) is 0 Å². The second-order valence-corrected chi connectivity index (χ2v) is 7.57. The van der Waals surface area contributed by atoms with Crippen molar-refractivity contribution in [2.45, 2.75) is 43.9 Å². The van der Waals surface area contributed by atoms with Crippen molar-refractivity contribution in [3.8, 4) is 0 Å². The van der Waals surface area contributed by atoms with Crippen LogP contribution in [-0.4, -0.2) is 43.1 Å². The van der Waals surface area contributed by atoms with Gasteiger partial charge in [-0.25, -0.2) is 8.42 Å². The summed E-state index contributed by atoms with van der Waals surface area (Å²) in [4.78, 5) is 0.932. The Hall–Kier alpha value is -0.470. The van der Waals surface area contributed by atoms with E-state index in [4.69, 9.17) is 9.84 Å². The second kappa shape index (κ2) is 5.88. The monoisotopic (exact) mass is 305 g/mol. The summed E-state index contributed by atoms with van der Waals surface area (Å²) in [5.41, 5.74) is 0. The molecule has 2 atom stereocenters. The first kappa shape index (κ1) is 14.9. The molecule has 1 aliphatic heterocycles. The van der Waals surface area contributed by atoms with Gasteiger partial charge in [-0.2, -0.15) is 4.31 Å². The maximum Gasteiger partial charge on any atom is 0.244 e. The van der Waals surface area contributed by atoms with Crippen molar-refractivity contribution in [2.24, 2.45) is 0 Å². The average Bonchev–Trinajstić information content (AvgIpc) is 2.88. The first-order valence-electron chi connectivity index (χ1n) is 6.30. The van der Waals surface area contributed by atoms with Gasteiger partial charge in [-0.1, -0.05) is 6.92 Å². The van der Waals surface area contributed by atoms with E-state index in [2.05, 4.69) is 0 Å². The van der Waals surface area contributed by atoms with Crippen molar-refractivity contribution in [1.82, 2.24) is 4.31 Å². The van der Waals surface area contributed by atoms with Crippen LogP contribution in [-0.2, 0) is 21.4 Å². The quantitative estimate of drug-likeness (QED) is 0.914. The van der Waals surface area contributed by atoms with Gasteiger partial charge in [-0.05, 0) is 19.4 Å². The molecule has 0 aromatic carbocycles. The van der Waals surface area contributed by atoms with E-state index in [0.29, 0.717) is 18.0 Å². The van der Waals surface area contributed by atoms with E-state index in [0.717, 1.165) is 6.42 Å². The molecule has 2 rings (SSSR count). The van der Waals surface area contributed by atoms with Crippen LogP contribution in [0.1, 0.15) is 25.1 Å². The predicted octanol–water partition coefficient (Wildman–Crippen LogP) is 1.43. The minimum atomic E-state index is -3.49. The van der Waals surface area contributed by atoms with E-state index >= 15 is 0 Å². The molecule has 0 bridgehead atoms. The summed E-state index contributed by atoms with van der Waals surface area (Å²) in [6.45, 7) is 4.52. The van der Waals surface area contributed by atoms with Gasteiger partial charge in [0.25, 0.3) is 0 Å². The number of hydrogen-bond acceptors (Lipinski definition) is 5. The fourth-order valence-corrected chi connectivity index (χ4v) is 5.02. The average molecular weight is 305 g/mol. The van der Waals surface area contributed by atoms with Crippen molar-refractivity contribution in [1.29, 1.82) is 0 Å². The first-order valence-corrected chi connectivity index (χ1v) is 8.62. The molecule has 0 aliphatic carbocycles. The number of ether oxygens (including phenoxy) is 1. The fraction of sp³-hybridized carbons (Fsp3) is 0.667. The summed E-state index contributed by atoms with van der Waals surface area (Å²) >= 11 is 1.26. The highest BCUT2D eigenvalue weighted by molar-refractivity contribution is 7.89. The van der Waals surface area contributed by atoms with Gasteiger partial charge >= 0.3 is 0 Å². The Labute approximate surface area is 117 Å². The van der Waals surface area contributed by atoms with Gasteiger partial charge in [-0.15, -0.1) is 11.3 Å². The molecule has 5 nitrogen and oxygen atoms in total. The molecule has 108 valence electrons. The largest absolute Gasteiger partial charge is 0.391 e. The zero-order valence-electron chi connectivity index (χ0n) is 11.1. The maximum atomic E-state index is 12.6. The van der Waals surface area contributed by atoms with Crippen LogP contribution in [0.15, 0.2) is 16.3 Å². The zero-order chi connectivity index (χ0) is 14.0. The summed E-state index contributed by atoms with van der Waals surface area (Å²) in [6, 6.07) is 1.44. The molecular weight excluding hydrogens is 286 g/mol. The standard InChI is InChI=1S/C12H19NO4S2/c1-3-10-7-17-9(2)5-13(10)19(15,16)12-4-11(6-14)18-8-12/h4,8-10,14H,3,5-7H2,1-2H3. The summed E-state index contributed by atoms with van der Waals surface area (Å²) in [7, 11) is -3.49. The minimum absolute atomic E-state index is 0.0893. The third kappa shape index (κ3) is 3.00. The molecule has 2 heterocycles. The van der Waals surface area contributed by atoms with Crippen LogP contribution in [0.5, 0.6) is 0 Å². The van der Waals surface area contributed by atoms with E-state index in [-0.39, 0.29) is 23.6 Å². The van der Waals surface area contributed by atoms with Crippen molar-refractivity contribution in [2.75, 3.05) is 13.2 Å². The van der Waals surface area contributed by atoms with E-state index in [9.17, 15) is 8.42 Å². The molecule has 2 unspecified atom stereocenters. The smallest absolute Gasteiger partial charge is 0.244 e. The number of hydrogen-bond donors (Lipinski definition) is 1. The number of rotatable bonds is 4. The Morgan fingerprint density at radius 2 is 2.32 bits per heavy atom. The normalized spacial score (nSPS) is 25.6. The van der Waals surface area contributed by atoms with Gasteiger partial charge in [0, 0.05) is 22.8 Å². The lowest BCUT2D eigenvalue weighted by atomic mass is 10.2. The SMILES string of the molecule is CCC1COC(C)CN1S(=O)(=O)c1csc(CO)c1. The summed E-state index contributed by atoms with van der Waals surface area (Å²) in [5.74, 6) is 0. The van der Waals surface area contributed by atoms with E-state index in [1.807, 2.05) is 13.8 Å². The minimum Gasteiger partial charge on any atom is -0.391 e. The Morgan fingerprint density at radius 3 is 2.89 bits per heavy atom. The zero-order valence-corrected chi connectivity index (χ0v) is 12.7. The molecule has 19 heavy (non-hydrogen) atoms. The molecule has 1 N–H and O–H groups in total. The molecule has 1 saturated heterocycles. The van der Waals surface area contributed by atoms with E-state index < -0.39 is 10.0 Å². The first-order chi connectivity index (χ1) is 8.98. The van der Waals surface area contributed by atoms with Crippen LogP contribution >= 0.6 is 11.3 Å². The highest BCUT2D eigenvalue weighted by Crippen LogP contribution is 2.27. The Balaban J connectivity index is 2.30. The highest BCUT2D eigenvalue weighted by atomic mass is 32.2. The van der Waals surface area contributed by atoms with Gasteiger partial charge in [0.2, 0.25) is 10.0 Å². The number of aliphatic hydroxyl groups is 1. The van der Waals surface area contributed by atoms with E-state index in [1.165, 1.54) is 15.6 Å². The molecule has 1 aromatic rings. The third-order valence-electron chi connectivity index (χ3n) is 3.28. The van der Waals surface area contributed by atoms with Crippen LogP contribution in [0, 0.1) is 0 Å². The van der Waals surface area contributed by atoms with Gasteiger partial charge < -0.3 is 9.84 Å². The van der Waals surface area contributed by atoms with Crippen LogP contribution in [0.2, 0.25) is 0 Å². The van der Waals surface area contributed by atoms with Crippen LogP contribution in [0.25, 0.3) is 0 Å². The van der Waals surface area contributed by atoms with Crippen LogP contribution < -0.4 is 0 Å². The number of aliphatic hydroxyl groups excluding tert-OH is 1. The van der Waals surface area contributed by atoms with Gasteiger partial charge in [-0.3, -0.25) is 0 Å². The Morgan fingerprint density at radius 1 is 1.58 bits per heavy atom. The Kier molecular flexibility index (Phi) is 4.62. The van der Waals surface area contributed by atoms with Gasteiger partial charge in [0.05, 0.1) is 24.2 Å². The molecule has 0 amide bonds. The molecule has 1 aliphatic rings. The van der Waals surface area contributed by atoms with Crippen LogP contribution in [0.4, 0.5) is 0 Å². The molecule has 0 saturated carbocycles. The summed E-state index contributed by atoms with van der Waals surface area (Å²) in [6.07, 6.45) is 0.636. The third-order valence-corrected chi connectivity index (χ3v) is 6.25. The molecule has 1 fully saturated rings. The second-order valence-electron chi connectivity index (χ2n) is 4.69. The molecule has 7 heteroatoms. The van der Waals surface area contributed by atoms with Crippen molar-refractivity contribution < 1.29 is 18.3 Å². The molecule has 0 spiro atoms. The highest BCUT2D eigenvalue weighted by Gasteiger charge is 2.35. The van der Waals surface area contributed by atoms with Gasteiger partial charge in [0.1, 0.15) is 0 Å². The van der Waals surface area contributed by atoms with Crippen molar-refractivity contribution >= 4 is 21.4 Å². The summed E-state index contributed by atoms with van der Waals surface area (Å²) < 4.78 is 32.3. The number of morpholine rings is 1. The van der Waals surface area contributed by atoms with Gasteiger partial charge in [0.15, 0.2) is 0 Å². The molecule has 1 aromatic heterocycles. The molecular formula is C12H19NO4S2.